The largest absolute Gasteiger partial charge is 0.383 e. The molecule has 0 aromatic carbocycles. The number of ether oxygens (including phenoxy) is 1. The van der Waals surface area contributed by atoms with Gasteiger partial charge in [0, 0.05) is 33.3 Å². The summed E-state index contributed by atoms with van der Waals surface area (Å²) in [6, 6.07) is 0. The van der Waals surface area contributed by atoms with Crippen molar-refractivity contribution in [1.82, 2.24) is 8.61 Å². The molecule has 0 aliphatic carbocycles. The van der Waals surface area contributed by atoms with Crippen LogP contribution in [-0.4, -0.2) is 63.5 Å². The Hall–Kier alpha value is -0.210. The highest BCUT2D eigenvalue weighted by molar-refractivity contribution is 7.86. The second kappa shape index (κ2) is 8.29. The minimum atomic E-state index is -3.38. The molecule has 7 heteroatoms. The van der Waals surface area contributed by atoms with Gasteiger partial charge >= 0.3 is 0 Å². The van der Waals surface area contributed by atoms with Crippen molar-refractivity contribution in [2.45, 2.75) is 26.7 Å². The molecule has 1 aliphatic rings. The first-order valence-corrected chi connectivity index (χ1v) is 8.75. The molecule has 0 unspecified atom stereocenters. The molecule has 1 aliphatic heterocycles. The average molecular weight is 307 g/mol. The van der Waals surface area contributed by atoms with Crippen molar-refractivity contribution < 1.29 is 13.2 Å². The van der Waals surface area contributed by atoms with Crippen molar-refractivity contribution in [3.8, 4) is 0 Å². The van der Waals surface area contributed by atoms with E-state index in [0.717, 1.165) is 12.8 Å². The molecular formula is C13H29N3O3S. The SMILES string of the molecule is COCCN(CC(C)C)S(=O)(=O)N1CCC(CN)CC1. The van der Waals surface area contributed by atoms with E-state index in [-0.39, 0.29) is 0 Å². The zero-order valence-corrected chi connectivity index (χ0v) is 13.7. The average Bonchev–Trinajstić information content (AvgIpc) is 2.43. The van der Waals surface area contributed by atoms with E-state index in [4.69, 9.17) is 10.5 Å². The molecule has 0 aromatic heterocycles. The summed E-state index contributed by atoms with van der Waals surface area (Å²) >= 11 is 0. The second-order valence-corrected chi connectivity index (χ2v) is 7.76. The Bertz CT molecular complexity index is 365. The monoisotopic (exact) mass is 307 g/mol. The van der Waals surface area contributed by atoms with Crippen LogP contribution >= 0.6 is 0 Å². The highest BCUT2D eigenvalue weighted by Crippen LogP contribution is 2.21. The first-order valence-electron chi connectivity index (χ1n) is 7.36. The van der Waals surface area contributed by atoms with Crippen molar-refractivity contribution >= 4 is 10.2 Å². The van der Waals surface area contributed by atoms with Crippen LogP contribution in [0.3, 0.4) is 0 Å². The number of piperidine rings is 1. The molecular weight excluding hydrogens is 278 g/mol. The van der Waals surface area contributed by atoms with Crippen molar-refractivity contribution in [3.05, 3.63) is 0 Å². The minimum absolute atomic E-state index is 0.295. The Morgan fingerprint density at radius 2 is 1.95 bits per heavy atom. The summed E-state index contributed by atoms with van der Waals surface area (Å²) in [5.74, 6) is 0.752. The Morgan fingerprint density at radius 1 is 1.35 bits per heavy atom. The van der Waals surface area contributed by atoms with Crippen LogP contribution < -0.4 is 5.73 Å². The van der Waals surface area contributed by atoms with Crippen molar-refractivity contribution in [3.63, 3.8) is 0 Å². The standard InChI is InChI=1S/C13H29N3O3S/c1-12(2)11-16(8-9-19-3)20(17,18)15-6-4-13(10-14)5-7-15/h12-13H,4-11,14H2,1-3H3. The van der Waals surface area contributed by atoms with E-state index in [1.165, 1.54) is 0 Å². The smallest absolute Gasteiger partial charge is 0.282 e. The maximum atomic E-state index is 12.7. The Morgan fingerprint density at radius 3 is 2.40 bits per heavy atom. The van der Waals surface area contributed by atoms with Crippen LogP contribution in [0.1, 0.15) is 26.7 Å². The van der Waals surface area contributed by atoms with E-state index in [1.54, 1.807) is 15.7 Å². The maximum absolute atomic E-state index is 12.7. The number of hydrogen-bond acceptors (Lipinski definition) is 4. The summed E-state index contributed by atoms with van der Waals surface area (Å²) in [4.78, 5) is 0. The third kappa shape index (κ3) is 4.96. The normalized spacial score (nSPS) is 19.1. The second-order valence-electron chi connectivity index (χ2n) is 5.83. The van der Waals surface area contributed by atoms with Gasteiger partial charge in [-0.05, 0) is 31.2 Å². The molecule has 0 amide bonds. The van der Waals surface area contributed by atoms with Crippen molar-refractivity contribution in [1.29, 1.82) is 0 Å². The Balaban J connectivity index is 2.71. The van der Waals surface area contributed by atoms with Crippen LogP contribution in [0.5, 0.6) is 0 Å². The highest BCUT2D eigenvalue weighted by atomic mass is 32.2. The van der Waals surface area contributed by atoms with Gasteiger partial charge in [-0.25, -0.2) is 0 Å². The first-order chi connectivity index (χ1) is 9.41. The number of methoxy groups -OCH3 is 1. The number of nitrogens with zero attached hydrogens (tertiary/aromatic N) is 2. The summed E-state index contributed by atoms with van der Waals surface area (Å²) in [6.07, 6.45) is 1.71. The topological polar surface area (TPSA) is 75.9 Å². The summed E-state index contributed by atoms with van der Waals surface area (Å²) in [5, 5.41) is 0. The van der Waals surface area contributed by atoms with E-state index >= 15 is 0 Å². The van der Waals surface area contributed by atoms with Gasteiger partial charge in [0.1, 0.15) is 0 Å². The van der Waals surface area contributed by atoms with Gasteiger partial charge in [-0.15, -0.1) is 0 Å². The molecule has 0 bridgehead atoms. The van der Waals surface area contributed by atoms with Crippen LogP contribution in [0.15, 0.2) is 0 Å². The first kappa shape index (κ1) is 17.8. The molecule has 2 N–H and O–H groups in total. The van der Waals surface area contributed by atoms with Crippen LogP contribution in [0.4, 0.5) is 0 Å². The molecule has 0 saturated carbocycles. The zero-order valence-electron chi connectivity index (χ0n) is 12.9. The lowest BCUT2D eigenvalue weighted by atomic mass is 9.99. The predicted octanol–water partition coefficient (Wildman–Crippen LogP) is 0.506. The molecule has 1 heterocycles. The summed E-state index contributed by atoms with van der Waals surface area (Å²) < 4.78 is 33.5. The van der Waals surface area contributed by atoms with E-state index in [2.05, 4.69) is 0 Å². The van der Waals surface area contributed by atoms with E-state index in [9.17, 15) is 8.42 Å². The van der Waals surface area contributed by atoms with Crippen LogP contribution in [0, 0.1) is 11.8 Å². The van der Waals surface area contributed by atoms with Gasteiger partial charge in [-0.1, -0.05) is 13.8 Å². The van der Waals surface area contributed by atoms with Gasteiger partial charge in [0.05, 0.1) is 6.61 Å². The van der Waals surface area contributed by atoms with Crippen LogP contribution in [-0.2, 0) is 14.9 Å². The molecule has 1 saturated heterocycles. The number of rotatable bonds is 8. The van der Waals surface area contributed by atoms with Gasteiger partial charge in [0.15, 0.2) is 0 Å². The van der Waals surface area contributed by atoms with Crippen LogP contribution in [0.2, 0.25) is 0 Å². The molecule has 0 spiro atoms. The number of hydrogen-bond donors (Lipinski definition) is 1. The van der Waals surface area contributed by atoms with Crippen molar-refractivity contribution in [2.75, 3.05) is 46.4 Å². The lowest BCUT2D eigenvalue weighted by molar-refractivity contribution is 0.169. The highest BCUT2D eigenvalue weighted by Gasteiger charge is 2.32. The molecule has 120 valence electrons. The quantitative estimate of drug-likeness (QED) is 0.709. The zero-order chi connectivity index (χ0) is 15.2. The van der Waals surface area contributed by atoms with Gasteiger partial charge < -0.3 is 10.5 Å². The third-order valence-corrected chi connectivity index (χ3v) is 5.67. The van der Waals surface area contributed by atoms with Gasteiger partial charge in [-0.2, -0.15) is 17.0 Å². The maximum Gasteiger partial charge on any atom is 0.282 e. The molecule has 1 fully saturated rings. The van der Waals surface area contributed by atoms with Crippen LogP contribution in [0.25, 0.3) is 0 Å². The lowest BCUT2D eigenvalue weighted by Crippen LogP contribution is -2.49. The fourth-order valence-electron chi connectivity index (χ4n) is 2.44. The molecule has 0 radical (unpaired) electrons. The van der Waals surface area contributed by atoms with Crippen molar-refractivity contribution in [2.24, 2.45) is 17.6 Å². The number of nitrogens with two attached hydrogens (primary N) is 1. The molecule has 0 aromatic rings. The molecule has 0 atom stereocenters. The Labute approximate surface area is 123 Å². The Kier molecular flexibility index (Phi) is 7.39. The van der Waals surface area contributed by atoms with Gasteiger partial charge in [0.2, 0.25) is 0 Å². The molecule has 20 heavy (non-hydrogen) atoms. The molecule has 6 nitrogen and oxygen atoms in total. The molecule has 1 rings (SSSR count). The van der Waals surface area contributed by atoms with E-state index < -0.39 is 10.2 Å². The summed E-state index contributed by atoms with van der Waals surface area (Å²) in [6.45, 7) is 7.21. The predicted molar refractivity (Wildman–Crippen MR) is 80.6 cm³/mol. The summed E-state index contributed by atoms with van der Waals surface area (Å²) in [7, 11) is -1.79. The van der Waals surface area contributed by atoms with Gasteiger partial charge in [0.25, 0.3) is 10.2 Å². The lowest BCUT2D eigenvalue weighted by Gasteiger charge is -2.35. The minimum Gasteiger partial charge on any atom is -0.383 e. The van der Waals surface area contributed by atoms with E-state index in [0.29, 0.717) is 51.2 Å². The third-order valence-electron chi connectivity index (χ3n) is 3.67. The summed E-state index contributed by atoms with van der Waals surface area (Å²) in [5.41, 5.74) is 5.65. The fourth-order valence-corrected chi connectivity index (χ4v) is 4.23. The van der Waals surface area contributed by atoms with Gasteiger partial charge in [-0.3, -0.25) is 0 Å². The fraction of sp³-hybridized carbons (Fsp3) is 1.00. The van der Waals surface area contributed by atoms with E-state index in [1.807, 2.05) is 13.8 Å².